The second kappa shape index (κ2) is 5.70. The van der Waals surface area contributed by atoms with Gasteiger partial charge in [0.05, 0.1) is 6.61 Å². The van der Waals surface area contributed by atoms with Gasteiger partial charge in [0.25, 0.3) is 0 Å². The molecule has 17 heavy (non-hydrogen) atoms. The Morgan fingerprint density at radius 2 is 2.35 bits per heavy atom. The minimum Gasteiger partial charge on any atom is -0.464 e. The Balaban J connectivity index is 2.23. The number of ether oxygens (including phenoxy) is 1. The summed E-state index contributed by atoms with van der Waals surface area (Å²) in [6.07, 6.45) is 0. The van der Waals surface area contributed by atoms with Crippen molar-refractivity contribution in [3.8, 4) is 6.01 Å². The number of aromatic nitrogens is 5. The van der Waals surface area contributed by atoms with E-state index in [1.807, 2.05) is 6.92 Å². The number of nitrogens with two attached hydrogens (primary N) is 1. The Bertz CT molecular complexity index is 477. The lowest BCUT2D eigenvalue weighted by Gasteiger charge is -2.04. The molecule has 0 fully saturated rings. The maximum Gasteiger partial charge on any atom is 0.322 e. The lowest BCUT2D eigenvalue weighted by Crippen LogP contribution is -2.12. The number of nitrogens with one attached hydrogen (secondary N) is 1. The van der Waals surface area contributed by atoms with Crippen LogP contribution in [0, 0.1) is 0 Å². The lowest BCUT2D eigenvalue weighted by atomic mass is 10.8. The molecule has 0 unspecified atom stereocenters. The summed E-state index contributed by atoms with van der Waals surface area (Å²) in [5.41, 5.74) is 3.99. The molecule has 0 radical (unpaired) electrons. The first-order chi connectivity index (χ1) is 8.31. The van der Waals surface area contributed by atoms with Crippen LogP contribution in [0.15, 0.2) is 15.0 Å². The van der Waals surface area contributed by atoms with Crippen LogP contribution < -0.4 is 16.0 Å². The van der Waals surface area contributed by atoms with E-state index in [1.165, 1.54) is 23.1 Å². The minimum absolute atomic E-state index is 0.225. The lowest BCUT2D eigenvalue weighted by molar-refractivity contribution is 0.308. The fourth-order valence-corrected chi connectivity index (χ4v) is 2.25. The van der Waals surface area contributed by atoms with Gasteiger partial charge in [0, 0.05) is 0 Å². The predicted octanol–water partition coefficient (Wildman–Crippen LogP) is 0.559. The molecule has 0 amide bonds. The van der Waals surface area contributed by atoms with Crippen LogP contribution in [-0.2, 0) is 0 Å². The van der Waals surface area contributed by atoms with Crippen LogP contribution in [0.4, 0.5) is 5.95 Å². The van der Waals surface area contributed by atoms with Crippen LogP contribution in [0.3, 0.4) is 0 Å². The maximum absolute atomic E-state index is 5.26. The highest BCUT2D eigenvalue weighted by molar-refractivity contribution is 8.00. The van der Waals surface area contributed by atoms with Crippen molar-refractivity contribution in [2.24, 2.45) is 5.84 Å². The van der Waals surface area contributed by atoms with E-state index >= 15 is 0 Å². The van der Waals surface area contributed by atoms with E-state index in [0.29, 0.717) is 11.8 Å². The smallest absolute Gasteiger partial charge is 0.322 e. The van der Waals surface area contributed by atoms with E-state index in [2.05, 4.69) is 30.6 Å². The summed E-state index contributed by atoms with van der Waals surface area (Å²) in [7, 11) is 0. The molecule has 0 saturated carbocycles. The fraction of sp³-hybridized carbons (Fsp3) is 0.286. The summed E-state index contributed by atoms with van der Waals surface area (Å²) < 4.78 is 5.94. The summed E-state index contributed by atoms with van der Waals surface area (Å²) in [6, 6.07) is 0.225. The zero-order chi connectivity index (χ0) is 12.1. The van der Waals surface area contributed by atoms with Gasteiger partial charge in [0.15, 0.2) is 4.34 Å². The van der Waals surface area contributed by atoms with Crippen molar-refractivity contribution >= 4 is 29.0 Å². The Morgan fingerprint density at radius 3 is 3.00 bits per heavy atom. The summed E-state index contributed by atoms with van der Waals surface area (Å²) in [5, 5.41) is 8.06. The molecule has 3 N–H and O–H groups in total. The highest BCUT2D eigenvalue weighted by Crippen LogP contribution is 2.26. The molecule has 2 aromatic heterocycles. The number of nitrogens with zero attached hydrogens (tertiary/aromatic N) is 5. The van der Waals surface area contributed by atoms with Crippen LogP contribution in [0.1, 0.15) is 6.92 Å². The molecule has 0 aliphatic heterocycles. The zero-order valence-electron chi connectivity index (χ0n) is 8.82. The van der Waals surface area contributed by atoms with E-state index in [1.54, 1.807) is 5.51 Å². The Morgan fingerprint density at radius 1 is 1.47 bits per heavy atom. The van der Waals surface area contributed by atoms with Gasteiger partial charge >= 0.3 is 6.01 Å². The molecule has 0 aliphatic carbocycles. The first kappa shape index (κ1) is 12.0. The van der Waals surface area contributed by atoms with Gasteiger partial charge in [-0.15, -0.1) is 10.2 Å². The van der Waals surface area contributed by atoms with Gasteiger partial charge in [-0.1, -0.05) is 11.3 Å². The Kier molecular flexibility index (Phi) is 4.01. The second-order valence-corrected chi connectivity index (χ2v) is 4.66. The summed E-state index contributed by atoms with van der Waals surface area (Å²) >= 11 is 2.67. The highest BCUT2D eigenvalue weighted by Gasteiger charge is 2.09. The topological polar surface area (TPSA) is 112 Å². The van der Waals surface area contributed by atoms with Crippen molar-refractivity contribution in [3.05, 3.63) is 5.51 Å². The average Bonchev–Trinajstić information content (AvgIpc) is 2.82. The molecule has 90 valence electrons. The van der Waals surface area contributed by atoms with E-state index in [0.717, 1.165) is 4.34 Å². The number of hydrogen-bond acceptors (Lipinski definition) is 10. The number of rotatable bonds is 5. The number of nitrogen functional groups attached to an aromatic ring is 1. The molecular weight excluding hydrogens is 262 g/mol. The van der Waals surface area contributed by atoms with Crippen LogP contribution >= 0.6 is 23.1 Å². The largest absolute Gasteiger partial charge is 0.464 e. The van der Waals surface area contributed by atoms with E-state index in [-0.39, 0.29) is 12.0 Å². The number of anilines is 1. The van der Waals surface area contributed by atoms with Crippen LogP contribution in [0.25, 0.3) is 0 Å². The molecular formula is C7H9N7OS2. The summed E-state index contributed by atoms with van der Waals surface area (Å²) in [4.78, 5) is 12.1. The van der Waals surface area contributed by atoms with Crippen molar-refractivity contribution in [2.45, 2.75) is 16.4 Å². The zero-order valence-corrected chi connectivity index (χ0v) is 10.5. The van der Waals surface area contributed by atoms with E-state index < -0.39 is 0 Å². The first-order valence-electron chi connectivity index (χ1n) is 4.61. The minimum atomic E-state index is 0.225. The molecule has 0 aliphatic rings. The van der Waals surface area contributed by atoms with Gasteiger partial charge in [0.2, 0.25) is 11.1 Å². The van der Waals surface area contributed by atoms with Crippen molar-refractivity contribution in [1.29, 1.82) is 0 Å². The van der Waals surface area contributed by atoms with Crippen molar-refractivity contribution in [2.75, 3.05) is 12.0 Å². The molecule has 2 aromatic rings. The van der Waals surface area contributed by atoms with Crippen molar-refractivity contribution in [1.82, 2.24) is 25.1 Å². The standard InChI is InChI=1S/C7H9N7OS2/c1-2-15-5-10-4(13-8)11-6(12-5)17-7-14-9-3-16-7/h3H,2,8H2,1H3,(H,10,11,12,13). The third-order valence-electron chi connectivity index (χ3n) is 1.52. The SMILES string of the molecule is CCOc1nc(NN)nc(Sc2nncs2)n1. The Hall–Kier alpha value is -1.52. The number of hydrogen-bond donors (Lipinski definition) is 2. The van der Waals surface area contributed by atoms with Crippen molar-refractivity contribution in [3.63, 3.8) is 0 Å². The van der Waals surface area contributed by atoms with Crippen molar-refractivity contribution < 1.29 is 4.74 Å². The average molecular weight is 271 g/mol. The monoisotopic (exact) mass is 271 g/mol. The van der Waals surface area contributed by atoms with Gasteiger partial charge in [-0.25, -0.2) is 5.84 Å². The summed E-state index contributed by atoms with van der Waals surface area (Å²) in [5.74, 6) is 5.51. The molecule has 0 saturated heterocycles. The molecule has 0 aromatic carbocycles. The molecule has 0 atom stereocenters. The van der Waals surface area contributed by atoms with E-state index in [9.17, 15) is 0 Å². The number of hydrazine groups is 1. The molecule has 8 nitrogen and oxygen atoms in total. The third-order valence-corrected chi connectivity index (χ3v) is 3.16. The molecule has 2 rings (SSSR count). The quantitative estimate of drug-likeness (QED) is 0.594. The molecule has 0 bridgehead atoms. The highest BCUT2D eigenvalue weighted by atomic mass is 32.2. The molecule has 10 heteroatoms. The van der Waals surface area contributed by atoms with Crippen LogP contribution in [0.5, 0.6) is 6.01 Å². The second-order valence-electron chi connectivity index (χ2n) is 2.61. The molecule has 2 heterocycles. The van der Waals surface area contributed by atoms with Crippen LogP contribution in [-0.4, -0.2) is 31.8 Å². The first-order valence-corrected chi connectivity index (χ1v) is 6.31. The van der Waals surface area contributed by atoms with Gasteiger partial charge in [-0.05, 0) is 18.7 Å². The molecule has 0 spiro atoms. The normalized spacial score (nSPS) is 10.2. The van der Waals surface area contributed by atoms with Gasteiger partial charge in [-0.2, -0.15) is 15.0 Å². The maximum atomic E-state index is 5.26. The fourth-order valence-electron chi connectivity index (χ4n) is 0.927. The summed E-state index contributed by atoms with van der Waals surface area (Å²) in [6.45, 7) is 2.31. The van der Waals surface area contributed by atoms with E-state index in [4.69, 9.17) is 10.6 Å². The third kappa shape index (κ3) is 3.22. The Labute approximate surface area is 105 Å². The van der Waals surface area contributed by atoms with Gasteiger partial charge in [0.1, 0.15) is 5.51 Å². The van der Waals surface area contributed by atoms with Crippen LogP contribution in [0.2, 0.25) is 0 Å². The van der Waals surface area contributed by atoms with Gasteiger partial charge in [-0.3, -0.25) is 5.43 Å². The van der Waals surface area contributed by atoms with Gasteiger partial charge < -0.3 is 4.74 Å². The predicted molar refractivity (Wildman–Crippen MR) is 62.8 cm³/mol.